The van der Waals surface area contributed by atoms with Crippen molar-refractivity contribution < 1.29 is 5.11 Å². The molecule has 0 aromatic carbocycles. The highest BCUT2D eigenvalue weighted by atomic mass is 16.3. The van der Waals surface area contributed by atoms with Crippen LogP contribution in [0.5, 0.6) is 0 Å². The van der Waals surface area contributed by atoms with Crippen LogP contribution in [0, 0.1) is 10.8 Å². The molecule has 0 spiro atoms. The van der Waals surface area contributed by atoms with E-state index >= 15 is 0 Å². The maximum absolute atomic E-state index is 9.87. The number of unbranched alkanes of at least 4 members (excludes halogenated alkanes) is 1. The van der Waals surface area contributed by atoms with Crippen molar-refractivity contribution in [2.75, 3.05) is 19.6 Å². The molecule has 1 aliphatic rings. The smallest absolute Gasteiger partial charge is 0.0963 e. The van der Waals surface area contributed by atoms with E-state index in [9.17, 15) is 5.11 Å². The first-order valence-electron chi connectivity index (χ1n) is 7.02. The predicted octanol–water partition coefficient (Wildman–Crippen LogP) is 1.97. The fourth-order valence-corrected chi connectivity index (χ4v) is 2.30. The molecule has 0 aromatic heterocycles. The molecule has 18 heavy (non-hydrogen) atoms. The summed E-state index contributed by atoms with van der Waals surface area (Å²) in [6.45, 7) is 9.11. The molecule has 4 N–H and O–H groups in total. The van der Waals surface area contributed by atoms with Gasteiger partial charge >= 0.3 is 0 Å². The van der Waals surface area contributed by atoms with E-state index in [1.54, 1.807) is 0 Å². The van der Waals surface area contributed by atoms with Crippen molar-refractivity contribution >= 4 is 5.84 Å². The lowest BCUT2D eigenvalue weighted by atomic mass is 9.86. The van der Waals surface area contributed by atoms with Gasteiger partial charge in [-0.3, -0.25) is 5.41 Å². The molecule has 1 heterocycles. The third-order valence-corrected chi connectivity index (χ3v) is 4.19. The predicted molar refractivity (Wildman–Crippen MR) is 75.8 cm³/mol. The van der Waals surface area contributed by atoms with Crippen LogP contribution in [0.3, 0.4) is 0 Å². The normalized spacial score (nSPS) is 20.9. The molecule has 0 unspecified atom stereocenters. The molecule has 1 fully saturated rings. The van der Waals surface area contributed by atoms with Gasteiger partial charge in [-0.25, -0.2) is 0 Å². The fourth-order valence-electron chi connectivity index (χ4n) is 2.30. The first-order chi connectivity index (χ1) is 8.23. The average molecular weight is 255 g/mol. The van der Waals surface area contributed by atoms with Crippen LogP contribution >= 0.6 is 0 Å². The number of piperidine rings is 1. The SMILES string of the molecule is CC1(O)CCN(CCCCC(C)(C)C(=N)N)CC1. The van der Waals surface area contributed by atoms with Gasteiger partial charge in [0.05, 0.1) is 11.4 Å². The Morgan fingerprint density at radius 2 is 1.89 bits per heavy atom. The highest BCUT2D eigenvalue weighted by molar-refractivity contribution is 5.82. The second-order valence-electron chi connectivity index (χ2n) is 6.59. The minimum atomic E-state index is -0.451. The van der Waals surface area contributed by atoms with E-state index in [4.69, 9.17) is 11.1 Å². The topological polar surface area (TPSA) is 73.3 Å². The number of nitrogens with zero attached hydrogens (tertiary/aromatic N) is 1. The van der Waals surface area contributed by atoms with Gasteiger partial charge in [0.2, 0.25) is 0 Å². The maximum Gasteiger partial charge on any atom is 0.0963 e. The first-order valence-corrected chi connectivity index (χ1v) is 7.02. The maximum atomic E-state index is 9.87. The van der Waals surface area contributed by atoms with Gasteiger partial charge in [0, 0.05) is 18.5 Å². The Hall–Kier alpha value is -0.610. The molecule has 0 radical (unpaired) electrons. The zero-order valence-electron chi connectivity index (χ0n) is 12.1. The molecule has 4 nitrogen and oxygen atoms in total. The lowest BCUT2D eigenvalue weighted by Gasteiger charge is -2.35. The van der Waals surface area contributed by atoms with Crippen LogP contribution in [0.2, 0.25) is 0 Å². The van der Waals surface area contributed by atoms with Crippen molar-refractivity contribution in [2.24, 2.45) is 11.1 Å². The van der Waals surface area contributed by atoms with Gasteiger partial charge < -0.3 is 15.7 Å². The van der Waals surface area contributed by atoms with Crippen LogP contribution in [0.25, 0.3) is 0 Å². The van der Waals surface area contributed by atoms with Crippen molar-refractivity contribution in [1.29, 1.82) is 5.41 Å². The Kier molecular flexibility index (Phi) is 5.17. The molecule has 1 saturated heterocycles. The van der Waals surface area contributed by atoms with Gasteiger partial charge in [-0.2, -0.15) is 0 Å². The lowest BCUT2D eigenvalue weighted by Crippen LogP contribution is -2.42. The van der Waals surface area contributed by atoms with E-state index in [-0.39, 0.29) is 11.3 Å². The number of amidine groups is 1. The van der Waals surface area contributed by atoms with Crippen LogP contribution in [-0.2, 0) is 0 Å². The number of aliphatic hydroxyl groups is 1. The molecule has 1 aliphatic heterocycles. The summed E-state index contributed by atoms with van der Waals surface area (Å²) in [5.74, 6) is 0.288. The average Bonchev–Trinajstić information content (AvgIpc) is 2.26. The molecule has 0 saturated carbocycles. The zero-order chi connectivity index (χ0) is 13.8. The van der Waals surface area contributed by atoms with E-state index in [0.29, 0.717) is 0 Å². The standard InChI is InChI=1S/C14H29N3O/c1-13(2,12(15)16)6-4-5-9-17-10-7-14(3,18)8-11-17/h18H,4-11H2,1-3H3,(H3,15,16). The highest BCUT2D eigenvalue weighted by Gasteiger charge is 2.27. The molecule has 0 amide bonds. The van der Waals surface area contributed by atoms with Crippen molar-refractivity contribution in [3.8, 4) is 0 Å². The fraction of sp³-hybridized carbons (Fsp3) is 0.929. The third-order valence-electron chi connectivity index (χ3n) is 4.19. The zero-order valence-corrected chi connectivity index (χ0v) is 12.1. The van der Waals surface area contributed by atoms with Gasteiger partial charge in [0.25, 0.3) is 0 Å². The second kappa shape index (κ2) is 6.02. The van der Waals surface area contributed by atoms with E-state index < -0.39 is 5.60 Å². The summed E-state index contributed by atoms with van der Waals surface area (Å²) >= 11 is 0. The summed E-state index contributed by atoms with van der Waals surface area (Å²) in [4.78, 5) is 2.43. The third kappa shape index (κ3) is 4.94. The van der Waals surface area contributed by atoms with E-state index in [2.05, 4.69) is 4.90 Å². The second-order valence-corrected chi connectivity index (χ2v) is 6.59. The van der Waals surface area contributed by atoms with Crippen LogP contribution in [-0.4, -0.2) is 41.1 Å². The van der Waals surface area contributed by atoms with Gasteiger partial charge in [-0.05, 0) is 39.2 Å². The summed E-state index contributed by atoms with van der Waals surface area (Å²) in [6, 6.07) is 0. The van der Waals surface area contributed by atoms with E-state index in [1.165, 1.54) is 0 Å². The molecular weight excluding hydrogens is 226 g/mol. The largest absolute Gasteiger partial charge is 0.390 e. The number of hydrogen-bond acceptors (Lipinski definition) is 3. The van der Waals surface area contributed by atoms with Gasteiger partial charge in [0.1, 0.15) is 0 Å². The van der Waals surface area contributed by atoms with Crippen molar-refractivity contribution in [3.05, 3.63) is 0 Å². The van der Waals surface area contributed by atoms with Crippen molar-refractivity contribution in [1.82, 2.24) is 4.90 Å². The van der Waals surface area contributed by atoms with Crippen molar-refractivity contribution in [3.63, 3.8) is 0 Å². The van der Waals surface area contributed by atoms with Gasteiger partial charge in [-0.1, -0.05) is 20.3 Å². The minimum absolute atomic E-state index is 0.161. The van der Waals surface area contributed by atoms with Crippen LogP contribution in [0.4, 0.5) is 0 Å². The summed E-state index contributed by atoms with van der Waals surface area (Å²) < 4.78 is 0. The Morgan fingerprint density at radius 3 is 2.39 bits per heavy atom. The molecule has 106 valence electrons. The Morgan fingerprint density at radius 1 is 1.33 bits per heavy atom. The lowest BCUT2D eigenvalue weighted by molar-refractivity contribution is -0.00560. The van der Waals surface area contributed by atoms with Gasteiger partial charge in [0.15, 0.2) is 0 Å². The summed E-state index contributed by atoms with van der Waals surface area (Å²) in [5, 5.41) is 17.4. The molecule has 1 rings (SSSR count). The highest BCUT2D eigenvalue weighted by Crippen LogP contribution is 2.24. The Labute approximate surface area is 111 Å². The Balaban J connectivity index is 2.14. The molecule has 4 heteroatoms. The number of nitrogens with two attached hydrogens (primary N) is 1. The Bertz CT molecular complexity index is 277. The number of hydrogen-bond donors (Lipinski definition) is 3. The van der Waals surface area contributed by atoms with E-state index in [1.807, 2.05) is 20.8 Å². The molecule has 0 aromatic rings. The molecule has 0 atom stereocenters. The molecule has 0 bridgehead atoms. The molecular formula is C14H29N3O. The first kappa shape index (κ1) is 15.4. The quantitative estimate of drug-likeness (QED) is 0.386. The summed E-state index contributed by atoms with van der Waals surface area (Å²) in [6.07, 6.45) is 5.00. The number of nitrogens with one attached hydrogen (secondary N) is 1. The van der Waals surface area contributed by atoms with Crippen molar-refractivity contribution in [2.45, 2.75) is 58.5 Å². The monoisotopic (exact) mass is 255 g/mol. The van der Waals surface area contributed by atoms with Crippen LogP contribution < -0.4 is 5.73 Å². The number of rotatable bonds is 6. The van der Waals surface area contributed by atoms with Crippen LogP contribution in [0.1, 0.15) is 52.9 Å². The van der Waals surface area contributed by atoms with Gasteiger partial charge in [-0.15, -0.1) is 0 Å². The van der Waals surface area contributed by atoms with Crippen LogP contribution in [0.15, 0.2) is 0 Å². The summed E-state index contributed by atoms with van der Waals surface area (Å²) in [7, 11) is 0. The number of likely N-dealkylation sites (tertiary alicyclic amines) is 1. The minimum Gasteiger partial charge on any atom is -0.390 e. The molecule has 0 aliphatic carbocycles. The summed E-state index contributed by atoms with van der Waals surface area (Å²) in [5.41, 5.74) is 4.96. The van der Waals surface area contributed by atoms with E-state index in [0.717, 1.165) is 51.7 Å².